The van der Waals surface area contributed by atoms with Crippen LogP contribution in [0.3, 0.4) is 0 Å². The molecular weight excluding hydrogens is 544 g/mol. The number of carboxylic acid groups (broad SMARTS) is 1. The van der Waals surface area contributed by atoms with Crippen molar-refractivity contribution < 1.29 is 38.5 Å². The number of aliphatic carboxylic acids is 1. The Morgan fingerprint density at radius 1 is 1.32 bits per heavy atom. The minimum atomic E-state index is -1.54. The molecule has 15 nitrogen and oxygen atoms in total. The number of rotatable bonds is 12. The molecule has 16 heteroatoms. The minimum absolute atomic E-state index is 0.0767. The van der Waals surface area contributed by atoms with Gasteiger partial charge in [-0.15, -0.1) is 18.2 Å². The summed E-state index contributed by atoms with van der Waals surface area (Å²) in [6, 6.07) is 3.60. The van der Waals surface area contributed by atoms with Crippen LogP contribution >= 0.6 is 11.8 Å². The van der Waals surface area contributed by atoms with Gasteiger partial charge in [-0.25, -0.2) is 9.97 Å². The molecule has 2 aliphatic rings. The first-order valence-corrected chi connectivity index (χ1v) is 12.5. The number of hydrogen-bond donors (Lipinski definition) is 3. The van der Waals surface area contributed by atoms with Gasteiger partial charge in [-0.3, -0.25) is 24.1 Å². The van der Waals surface area contributed by atoms with E-state index in [1.165, 1.54) is 24.0 Å². The Hall–Kier alpha value is -5.30. The molecule has 0 spiro atoms. The van der Waals surface area contributed by atoms with Crippen LogP contribution in [0.1, 0.15) is 5.82 Å². The molecule has 204 valence electrons. The summed E-state index contributed by atoms with van der Waals surface area (Å²) in [5.41, 5.74) is 0.194. The summed E-state index contributed by atoms with van der Waals surface area (Å²) < 4.78 is 1.65. The molecule has 4 rings (SSSR count). The Bertz CT molecular complexity index is 1470. The monoisotopic (exact) mass is 564 g/mol. The van der Waals surface area contributed by atoms with E-state index in [4.69, 9.17) is 11.3 Å². The number of carbonyl (C=O) groups excluding carboxylic acids is 5. The van der Waals surface area contributed by atoms with Gasteiger partial charge in [-0.05, 0) is 12.1 Å². The van der Waals surface area contributed by atoms with Crippen molar-refractivity contribution in [1.29, 1.82) is 0 Å². The van der Waals surface area contributed by atoms with Crippen molar-refractivity contribution in [3.63, 3.8) is 0 Å². The third-order valence-corrected chi connectivity index (χ3v) is 6.92. The maximum Gasteiger partial charge on any atom is 0.278 e. The maximum absolute atomic E-state index is 13.1. The summed E-state index contributed by atoms with van der Waals surface area (Å²) in [4.78, 5) is 73.8. The Balaban J connectivity index is 1.54. The van der Waals surface area contributed by atoms with E-state index in [0.717, 1.165) is 4.90 Å². The van der Waals surface area contributed by atoms with Crippen molar-refractivity contribution in [3.8, 4) is 12.3 Å². The number of oxime groups is 1. The highest BCUT2D eigenvalue weighted by molar-refractivity contribution is 8.00. The minimum Gasteiger partial charge on any atom is -0.543 e. The van der Waals surface area contributed by atoms with Gasteiger partial charge in [0, 0.05) is 23.6 Å². The number of carboxylic acids is 1. The molecule has 2 atom stereocenters. The lowest BCUT2D eigenvalue weighted by molar-refractivity contribution is -0.688. The summed E-state index contributed by atoms with van der Waals surface area (Å²) in [5, 5.41) is 22.4. The second-order valence-corrected chi connectivity index (χ2v) is 9.18. The van der Waals surface area contributed by atoms with Gasteiger partial charge in [0.2, 0.25) is 18.5 Å². The lowest BCUT2D eigenvalue weighted by atomic mass is 10.0. The molecule has 0 aromatic carbocycles. The second-order valence-electron chi connectivity index (χ2n) is 8.07. The van der Waals surface area contributed by atoms with Crippen LogP contribution in [0.25, 0.3) is 0 Å². The third-order valence-electron chi connectivity index (χ3n) is 5.58. The molecule has 2 aromatic rings. The van der Waals surface area contributed by atoms with Crippen LogP contribution in [-0.4, -0.2) is 75.0 Å². The molecule has 4 amide bonds. The zero-order valence-corrected chi connectivity index (χ0v) is 21.3. The highest BCUT2D eigenvalue weighted by atomic mass is 32.2. The van der Waals surface area contributed by atoms with Gasteiger partial charge in [0.05, 0.1) is 11.7 Å². The van der Waals surface area contributed by atoms with E-state index < -0.39 is 34.9 Å². The largest absolute Gasteiger partial charge is 0.543 e. The zero-order valence-electron chi connectivity index (χ0n) is 20.5. The van der Waals surface area contributed by atoms with Crippen LogP contribution in [0.15, 0.2) is 53.2 Å². The van der Waals surface area contributed by atoms with E-state index >= 15 is 0 Å². The average Bonchev–Trinajstić information content (AvgIpc) is 2.94. The van der Waals surface area contributed by atoms with Crippen molar-refractivity contribution in [1.82, 2.24) is 20.2 Å². The van der Waals surface area contributed by atoms with Gasteiger partial charge in [0.15, 0.2) is 31.4 Å². The second kappa shape index (κ2) is 12.5. The van der Waals surface area contributed by atoms with E-state index in [2.05, 4.69) is 37.0 Å². The molecule has 3 N–H and O–H groups in total. The van der Waals surface area contributed by atoms with Crippen molar-refractivity contribution >= 4 is 59.6 Å². The van der Waals surface area contributed by atoms with Crippen LogP contribution in [0, 0.1) is 12.3 Å². The number of anilines is 2. The Morgan fingerprint density at radius 2 is 2.12 bits per heavy atom. The predicted molar refractivity (Wildman–Crippen MR) is 136 cm³/mol. The van der Waals surface area contributed by atoms with Crippen molar-refractivity contribution in [2.75, 3.05) is 23.0 Å². The highest BCUT2D eigenvalue weighted by Crippen LogP contribution is 2.40. The van der Waals surface area contributed by atoms with Gasteiger partial charge in [0.25, 0.3) is 11.8 Å². The third kappa shape index (κ3) is 5.89. The first-order valence-electron chi connectivity index (χ1n) is 11.4. The van der Waals surface area contributed by atoms with Gasteiger partial charge in [0.1, 0.15) is 22.9 Å². The molecule has 4 heterocycles. The number of aromatic nitrogens is 3. The molecule has 0 saturated carbocycles. The van der Waals surface area contributed by atoms with Crippen LogP contribution in [0.4, 0.5) is 11.5 Å². The molecule has 40 heavy (non-hydrogen) atoms. The lowest BCUT2D eigenvalue weighted by Gasteiger charge is -2.50. The highest BCUT2D eigenvalue weighted by Gasteiger charge is 2.53. The average molecular weight is 565 g/mol. The van der Waals surface area contributed by atoms with Crippen molar-refractivity contribution in [2.45, 2.75) is 18.0 Å². The smallest absolute Gasteiger partial charge is 0.278 e. The van der Waals surface area contributed by atoms with Gasteiger partial charge < -0.3 is 30.7 Å². The fourth-order valence-corrected chi connectivity index (χ4v) is 5.26. The van der Waals surface area contributed by atoms with E-state index in [-0.39, 0.29) is 36.2 Å². The SMILES string of the molecule is C#CCON=C(C(=O)NC1C(=O)N2C(C(=O)[O-])=C(C[n+]3cccc(NC=O)c3)CS[C@H]12)c1nccc(NC=O)n1. The van der Waals surface area contributed by atoms with Gasteiger partial charge in [-0.2, -0.15) is 4.57 Å². The molecule has 1 fully saturated rings. The van der Waals surface area contributed by atoms with Crippen LogP contribution in [0.5, 0.6) is 0 Å². The Kier molecular flexibility index (Phi) is 8.66. The van der Waals surface area contributed by atoms with E-state index in [9.17, 15) is 29.1 Å². The predicted octanol–water partition coefficient (Wildman–Crippen LogP) is -2.64. The Labute approximate surface area is 230 Å². The number of carbonyl (C=O) groups is 5. The molecule has 1 unspecified atom stereocenters. The molecule has 0 bridgehead atoms. The van der Waals surface area contributed by atoms with E-state index in [1.807, 2.05) is 0 Å². The molecule has 2 aliphatic heterocycles. The topological polar surface area (TPSA) is 199 Å². The fourth-order valence-electron chi connectivity index (χ4n) is 3.93. The summed E-state index contributed by atoms with van der Waals surface area (Å²) in [6.45, 7) is -0.156. The van der Waals surface area contributed by atoms with Crippen molar-refractivity contribution in [2.24, 2.45) is 5.16 Å². The summed E-state index contributed by atoms with van der Waals surface area (Å²) in [7, 11) is 0. The molecule has 0 aliphatic carbocycles. The number of hydrogen-bond acceptors (Lipinski definition) is 11. The number of β-lactam (4-membered cyclic amide) rings is 1. The standard InChI is InChI=1S/C24H20N8O7S/c1-2-8-39-30-17(20-25-6-5-16(28-20)27-13-34)21(35)29-18-22(36)32-19(24(37)38)14(11-40-23(18)32)9-31-7-3-4-15(10-31)26-12-33/h1,3-7,10,12-13,18,23H,8-9,11H2,(H3-,25,26,27,28,29,33,34,35,37,38)/t18?,23-/m1/s1. The summed E-state index contributed by atoms with van der Waals surface area (Å²) in [6.07, 6.45) is 10.6. The number of thioether (sulfide) groups is 1. The molecule has 0 radical (unpaired) electrons. The first kappa shape index (κ1) is 27.7. The quantitative estimate of drug-likeness (QED) is 0.0466. The van der Waals surface area contributed by atoms with Crippen molar-refractivity contribution in [3.05, 3.63) is 53.9 Å². The number of amides is 4. The van der Waals surface area contributed by atoms with E-state index in [0.29, 0.717) is 24.1 Å². The zero-order chi connectivity index (χ0) is 28.6. The Morgan fingerprint density at radius 3 is 2.85 bits per heavy atom. The number of fused-ring (bicyclic) bond motifs is 1. The van der Waals surface area contributed by atoms with Crippen LogP contribution in [-0.2, 0) is 35.4 Å². The van der Waals surface area contributed by atoms with Gasteiger partial charge in [-0.1, -0.05) is 11.1 Å². The first-order chi connectivity index (χ1) is 19.4. The molecule has 1 saturated heterocycles. The lowest BCUT2D eigenvalue weighted by Crippen LogP contribution is -2.71. The summed E-state index contributed by atoms with van der Waals surface area (Å²) >= 11 is 1.25. The summed E-state index contributed by atoms with van der Waals surface area (Å²) in [5.74, 6) is -0.846. The number of nitrogens with zero attached hydrogens (tertiary/aromatic N) is 5. The normalized spacial score (nSPS) is 18.0. The van der Waals surface area contributed by atoms with Crippen LogP contribution in [0.2, 0.25) is 0 Å². The van der Waals surface area contributed by atoms with Crippen LogP contribution < -0.4 is 25.6 Å². The molecular formula is C24H20N8O7S. The number of terminal acetylenes is 1. The van der Waals surface area contributed by atoms with E-state index in [1.54, 1.807) is 29.1 Å². The fraction of sp³-hybridized carbons (Fsp3) is 0.208. The maximum atomic E-state index is 13.1. The number of nitrogens with one attached hydrogen (secondary N) is 3. The number of pyridine rings is 1. The van der Waals surface area contributed by atoms with Gasteiger partial charge >= 0.3 is 0 Å². The molecule has 2 aromatic heterocycles.